The molecule has 0 aliphatic rings. The van der Waals surface area contributed by atoms with Crippen LogP contribution in [0.25, 0.3) is 11.0 Å². The summed E-state index contributed by atoms with van der Waals surface area (Å²) in [6.45, 7) is 3.84. The molecule has 0 spiro atoms. The summed E-state index contributed by atoms with van der Waals surface area (Å²) in [5.41, 5.74) is 1.76. The van der Waals surface area contributed by atoms with Gasteiger partial charge in [-0.05, 0) is 61.4 Å². The van der Waals surface area contributed by atoms with E-state index in [4.69, 9.17) is 4.74 Å². The number of para-hydroxylation sites is 1. The standard InChI is InChI=1S/C26H28N6O3/c1-4-26(2,25(34)28-20-11-13-21(35-3)14-12-20)31(17-19-8-7-15-27-16-19)24(33)18-32-23-10-6-5-9-22(23)29-30-32/h5-16H,4,17-18H2,1-3H3,(H,28,34). The molecule has 0 saturated heterocycles. The number of rotatable bonds is 9. The van der Waals surface area contributed by atoms with Gasteiger partial charge in [-0.15, -0.1) is 5.10 Å². The molecule has 1 atom stereocenters. The van der Waals surface area contributed by atoms with Crippen molar-refractivity contribution in [2.24, 2.45) is 0 Å². The lowest BCUT2D eigenvalue weighted by atomic mass is 9.93. The highest BCUT2D eigenvalue weighted by molar-refractivity contribution is 6.00. The van der Waals surface area contributed by atoms with Crippen LogP contribution in [0.3, 0.4) is 0 Å². The lowest BCUT2D eigenvalue weighted by Gasteiger charge is -2.39. The molecule has 2 aromatic carbocycles. The average Bonchev–Trinajstić information content (AvgIpc) is 3.30. The number of amides is 2. The second-order valence-electron chi connectivity index (χ2n) is 8.39. The van der Waals surface area contributed by atoms with Crippen molar-refractivity contribution < 1.29 is 14.3 Å². The van der Waals surface area contributed by atoms with E-state index in [1.54, 1.807) is 60.3 Å². The maximum atomic E-state index is 13.7. The minimum absolute atomic E-state index is 0.0494. The van der Waals surface area contributed by atoms with Crippen LogP contribution >= 0.6 is 0 Å². The number of carbonyl (C=O) groups is 2. The van der Waals surface area contributed by atoms with E-state index in [0.717, 1.165) is 11.1 Å². The summed E-state index contributed by atoms with van der Waals surface area (Å²) in [4.78, 5) is 33.1. The lowest BCUT2D eigenvalue weighted by Crippen LogP contribution is -2.57. The molecule has 0 aliphatic carbocycles. The fraction of sp³-hybridized carbons (Fsp3) is 0.269. The van der Waals surface area contributed by atoms with E-state index in [0.29, 0.717) is 23.4 Å². The van der Waals surface area contributed by atoms with Crippen LogP contribution in [0.15, 0.2) is 73.1 Å². The minimum Gasteiger partial charge on any atom is -0.497 e. The van der Waals surface area contributed by atoms with Crippen LogP contribution in [0.4, 0.5) is 5.69 Å². The molecule has 0 bridgehead atoms. The van der Waals surface area contributed by atoms with Crippen molar-refractivity contribution in [2.45, 2.75) is 38.9 Å². The molecule has 0 saturated carbocycles. The van der Waals surface area contributed by atoms with Gasteiger partial charge in [0.25, 0.3) is 0 Å². The fourth-order valence-electron chi connectivity index (χ4n) is 3.87. The first-order valence-electron chi connectivity index (χ1n) is 11.4. The number of hydrogen-bond donors (Lipinski definition) is 1. The zero-order chi connectivity index (χ0) is 24.8. The molecule has 0 fully saturated rings. The molecule has 9 heteroatoms. The fourth-order valence-corrected chi connectivity index (χ4v) is 3.87. The highest BCUT2D eigenvalue weighted by Gasteiger charge is 2.41. The normalized spacial score (nSPS) is 12.7. The number of carbonyl (C=O) groups excluding carboxylic acids is 2. The Bertz CT molecular complexity index is 1310. The summed E-state index contributed by atoms with van der Waals surface area (Å²) in [5, 5.41) is 11.3. The van der Waals surface area contributed by atoms with Gasteiger partial charge in [0.1, 0.15) is 23.3 Å². The molecule has 2 amide bonds. The maximum Gasteiger partial charge on any atom is 0.250 e. The monoisotopic (exact) mass is 472 g/mol. The van der Waals surface area contributed by atoms with Crippen LogP contribution in [-0.2, 0) is 22.7 Å². The largest absolute Gasteiger partial charge is 0.497 e. The van der Waals surface area contributed by atoms with Gasteiger partial charge in [0.2, 0.25) is 11.8 Å². The summed E-state index contributed by atoms with van der Waals surface area (Å²) < 4.78 is 6.76. The van der Waals surface area contributed by atoms with Gasteiger partial charge in [-0.2, -0.15) is 0 Å². The number of nitrogens with zero attached hydrogens (tertiary/aromatic N) is 5. The van der Waals surface area contributed by atoms with Crippen LogP contribution < -0.4 is 10.1 Å². The summed E-state index contributed by atoms with van der Waals surface area (Å²) >= 11 is 0. The van der Waals surface area contributed by atoms with Gasteiger partial charge in [-0.1, -0.05) is 30.3 Å². The molecule has 0 radical (unpaired) electrons. The molecule has 2 aromatic heterocycles. The number of anilines is 1. The van der Waals surface area contributed by atoms with E-state index in [1.165, 1.54) is 0 Å². The van der Waals surface area contributed by atoms with Crippen LogP contribution in [0.5, 0.6) is 5.75 Å². The molecule has 4 aromatic rings. The Labute approximate surface area is 203 Å². The molecular weight excluding hydrogens is 444 g/mol. The third kappa shape index (κ3) is 5.13. The van der Waals surface area contributed by atoms with Gasteiger partial charge < -0.3 is 15.0 Å². The summed E-state index contributed by atoms with van der Waals surface area (Å²) in [6, 6.07) is 18.2. The zero-order valence-electron chi connectivity index (χ0n) is 20.0. The van der Waals surface area contributed by atoms with Crippen molar-refractivity contribution in [3.63, 3.8) is 0 Å². The van der Waals surface area contributed by atoms with Crippen LogP contribution in [0.2, 0.25) is 0 Å². The number of pyridine rings is 1. The van der Waals surface area contributed by atoms with E-state index in [2.05, 4.69) is 20.6 Å². The van der Waals surface area contributed by atoms with Gasteiger partial charge in [0.15, 0.2) is 0 Å². The molecule has 0 aliphatic heterocycles. The SMILES string of the molecule is CCC(C)(C(=O)Nc1ccc(OC)cc1)N(Cc1cccnc1)C(=O)Cn1nnc2ccccc21. The van der Waals surface area contributed by atoms with E-state index < -0.39 is 5.54 Å². The number of aromatic nitrogens is 4. The number of benzene rings is 2. The van der Waals surface area contributed by atoms with E-state index >= 15 is 0 Å². The summed E-state index contributed by atoms with van der Waals surface area (Å²) in [6.07, 6.45) is 3.77. The molecule has 35 heavy (non-hydrogen) atoms. The van der Waals surface area contributed by atoms with Crippen molar-refractivity contribution in [1.82, 2.24) is 24.9 Å². The third-order valence-corrected chi connectivity index (χ3v) is 6.19. The minimum atomic E-state index is -1.14. The quantitative estimate of drug-likeness (QED) is 0.399. The first-order chi connectivity index (χ1) is 16.9. The Hall–Kier alpha value is -4.27. The number of methoxy groups -OCH3 is 1. The molecule has 9 nitrogen and oxygen atoms in total. The summed E-state index contributed by atoms with van der Waals surface area (Å²) in [5.74, 6) is 0.152. The Balaban J connectivity index is 1.64. The number of nitrogens with one attached hydrogen (secondary N) is 1. The predicted octanol–water partition coefficient (Wildman–Crippen LogP) is 3.67. The topological polar surface area (TPSA) is 102 Å². The predicted molar refractivity (Wildman–Crippen MR) is 133 cm³/mol. The zero-order valence-corrected chi connectivity index (χ0v) is 20.0. The van der Waals surface area contributed by atoms with Gasteiger partial charge in [0.05, 0.1) is 12.6 Å². The maximum absolute atomic E-state index is 13.7. The van der Waals surface area contributed by atoms with Crippen molar-refractivity contribution in [2.75, 3.05) is 12.4 Å². The molecule has 2 heterocycles. The van der Waals surface area contributed by atoms with Gasteiger partial charge in [-0.25, -0.2) is 4.68 Å². The van der Waals surface area contributed by atoms with Crippen LogP contribution in [0.1, 0.15) is 25.8 Å². The second kappa shape index (κ2) is 10.3. The number of fused-ring (bicyclic) bond motifs is 1. The molecule has 1 unspecified atom stereocenters. The third-order valence-electron chi connectivity index (χ3n) is 6.19. The number of ether oxygens (including phenoxy) is 1. The van der Waals surface area contributed by atoms with Crippen LogP contribution in [0, 0.1) is 0 Å². The highest BCUT2D eigenvalue weighted by Crippen LogP contribution is 2.26. The summed E-state index contributed by atoms with van der Waals surface area (Å²) in [7, 11) is 1.59. The van der Waals surface area contributed by atoms with Gasteiger partial charge in [0, 0.05) is 24.6 Å². The molecule has 4 rings (SSSR count). The molecule has 1 N–H and O–H groups in total. The van der Waals surface area contributed by atoms with Crippen molar-refractivity contribution in [1.29, 1.82) is 0 Å². The van der Waals surface area contributed by atoms with E-state index in [9.17, 15) is 9.59 Å². The van der Waals surface area contributed by atoms with Crippen LogP contribution in [-0.4, -0.2) is 49.3 Å². The molecular formula is C26H28N6O3. The Kier molecular flexibility index (Phi) is 7.05. The van der Waals surface area contributed by atoms with Gasteiger partial charge in [-0.3, -0.25) is 14.6 Å². The molecule has 180 valence electrons. The lowest BCUT2D eigenvalue weighted by molar-refractivity contribution is -0.146. The Morgan fingerprint density at radius 3 is 2.54 bits per heavy atom. The van der Waals surface area contributed by atoms with E-state index in [1.807, 2.05) is 43.3 Å². The number of hydrogen-bond acceptors (Lipinski definition) is 6. The van der Waals surface area contributed by atoms with Crippen molar-refractivity contribution >= 4 is 28.5 Å². The first kappa shape index (κ1) is 23.9. The Morgan fingerprint density at radius 1 is 1.09 bits per heavy atom. The Morgan fingerprint density at radius 2 is 1.86 bits per heavy atom. The van der Waals surface area contributed by atoms with Gasteiger partial charge >= 0.3 is 0 Å². The van der Waals surface area contributed by atoms with Crippen molar-refractivity contribution in [3.8, 4) is 5.75 Å². The smallest absolute Gasteiger partial charge is 0.250 e. The highest BCUT2D eigenvalue weighted by atomic mass is 16.5. The first-order valence-corrected chi connectivity index (χ1v) is 11.4. The second-order valence-corrected chi connectivity index (χ2v) is 8.39. The average molecular weight is 473 g/mol. The van der Waals surface area contributed by atoms with Crippen molar-refractivity contribution in [3.05, 3.63) is 78.6 Å². The van der Waals surface area contributed by atoms with E-state index in [-0.39, 0.29) is 24.9 Å².